The van der Waals surface area contributed by atoms with E-state index < -0.39 is 0 Å². The third kappa shape index (κ3) is 6.21. The molecule has 1 aromatic carbocycles. The Balaban J connectivity index is 1.96. The van der Waals surface area contributed by atoms with Crippen molar-refractivity contribution in [1.82, 2.24) is 10.1 Å². The number of amides is 2. The van der Waals surface area contributed by atoms with Gasteiger partial charge in [-0.25, -0.2) is 0 Å². The van der Waals surface area contributed by atoms with Crippen LogP contribution in [0, 0.1) is 0 Å². The van der Waals surface area contributed by atoms with Crippen molar-refractivity contribution in [2.24, 2.45) is 0 Å². The molecule has 0 fully saturated rings. The van der Waals surface area contributed by atoms with Crippen LogP contribution in [0.15, 0.2) is 41.1 Å². The highest BCUT2D eigenvalue weighted by Gasteiger charge is 2.18. The highest BCUT2D eigenvalue weighted by molar-refractivity contribution is 5.94. The van der Waals surface area contributed by atoms with Crippen LogP contribution in [0.1, 0.15) is 12.0 Å². The van der Waals surface area contributed by atoms with Crippen LogP contribution in [0.5, 0.6) is 5.75 Å². The molecule has 2 amide bonds. The minimum absolute atomic E-state index is 0.0639. The maximum atomic E-state index is 12.6. The van der Waals surface area contributed by atoms with Gasteiger partial charge in [0.1, 0.15) is 12.0 Å². The molecule has 2 aromatic rings. The lowest BCUT2D eigenvalue weighted by atomic mass is 10.1. The fourth-order valence-electron chi connectivity index (χ4n) is 2.35. The average Bonchev–Trinajstić information content (AvgIpc) is 3.14. The average molecular weight is 361 g/mol. The summed E-state index contributed by atoms with van der Waals surface area (Å²) in [5.74, 6) is 0.570. The van der Waals surface area contributed by atoms with Gasteiger partial charge in [0.25, 0.3) is 0 Å². The van der Waals surface area contributed by atoms with Gasteiger partial charge in [-0.1, -0.05) is 17.3 Å². The number of carbonyl (C=O) groups excluding carboxylic acids is 2. The van der Waals surface area contributed by atoms with Crippen molar-refractivity contribution in [2.45, 2.75) is 12.8 Å². The summed E-state index contributed by atoms with van der Waals surface area (Å²) in [6.07, 6.45) is 2.21. The van der Waals surface area contributed by atoms with Crippen LogP contribution in [-0.4, -0.2) is 55.8 Å². The fraction of sp³-hybridized carbons (Fsp3) is 0.389. The van der Waals surface area contributed by atoms with Crippen LogP contribution in [0.25, 0.3) is 0 Å². The van der Waals surface area contributed by atoms with E-state index in [1.165, 1.54) is 17.2 Å². The smallest absolute Gasteiger partial charge is 0.245 e. The van der Waals surface area contributed by atoms with Gasteiger partial charge in [-0.2, -0.15) is 0 Å². The maximum Gasteiger partial charge on any atom is 0.245 e. The zero-order valence-corrected chi connectivity index (χ0v) is 14.9. The lowest BCUT2D eigenvalue weighted by Crippen LogP contribution is -2.39. The van der Waals surface area contributed by atoms with Crippen LogP contribution in [0.3, 0.4) is 0 Å². The zero-order valence-electron chi connectivity index (χ0n) is 14.9. The van der Waals surface area contributed by atoms with E-state index in [0.717, 1.165) is 11.3 Å². The van der Waals surface area contributed by atoms with Crippen LogP contribution in [0.4, 0.5) is 5.82 Å². The Hall–Kier alpha value is -2.87. The third-order valence-corrected chi connectivity index (χ3v) is 3.68. The van der Waals surface area contributed by atoms with Crippen LogP contribution in [0.2, 0.25) is 0 Å². The summed E-state index contributed by atoms with van der Waals surface area (Å²) >= 11 is 0. The minimum Gasteiger partial charge on any atom is -0.497 e. The zero-order chi connectivity index (χ0) is 18.8. The molecule has 0 atom stereocenters. The van der Waals surface area contributed by atoms with E-state index in [1.54, 1.807) is 26.4 Å². The Morgan fingerprint density at radius 2 is 1.96 bits per heavy atom. The Morgan fingerprint density at radius 3 is 2.58 bits per heavy atom. The number of hydrogen-bond donors (Lipinski definition) is 1. The van der Waals surface area contributed by atoms with Crippen molar-refractivity contribution >= 4 is 17.6 Å². The van der Waals surface area contributed by atoms with Gasteiger partial charge in [0.2, 0.25) is 11.8 Å². The summed E-state index contributed by atoms with van der Waals surface area (Å²) in [6.45, 7) is 0.873. The molecule has 0 bridgehead atoms. The van der Waals surface area contributed by atoms with Gasteiger partial charge in [0.05, 0.1) is 20.1 Å². The number of anilines is 1. The number of nitrogens with one attached hydrogen (secondary N) is 1. The van der Waals surface area contributed by atoms with E-state index in [1.807, 2.05) is 12.1 Å². The molecule has 1 heterocycles. The first-order valence-corrected chi connectivity index (χ1v) is 8.22. The van der Waals surface area contributed by atoms with Gasteiger partial charge in [0, 0.05) is 26.3 Å². The van der Waals surface area contributed by atoms with Crippen molar-refractivity contribution in [1.29, 1.82) is 0 Å². The molecular weight excluding hydrogens is 338 g/mol. The second-order valence-corrected chi connectivity index (χ2v) is 5.62. The number of nitrogens with zero attached hydrogens (tertiary/aromatic N) is 2. The lowest BCUT2D eigenvalue weighted by molar-refractivity contribution is -0.134. The van der Waals surface area contributed by atoms with Crippen molar-refractivity contribution in [3.05, 3.63) is 42.2 Å². The van der Waals surface area contributed by atoms with E-state index in [9.17, 15) is 9.59 Å². The van der Waals surface area contributed by atoms with Gasteiger partial charge in [-0.15, -0.1) is 0 Å². The van der Waals surface area contributed by atoms with E-state index in [-0.39, 0.29) is 24.8 Å². The molecule has 1 N–H and O–H groups in total. The molecule has 140 valence electrons. The predicted molar refractivity (Wildman–Crippen MR) is 94.9 cm³/mol. The van der Waals surface area contributed by atoms with Crippen LogP contribution in [-0.2, 0) is 20.7 Å². The quantitative estimate of drug-likeness (QED) is 0.648. The van der Waals surface area contributed by atoms with E-state index >= 15 is 0 Å². The maximum absolute atomic E-state index is 12.6. The van der Waals surface area contributed by atoms with Gasteiger partial charge >= 0.3 is 0 Å². The highest BCUT2D eigenvalue weighted by Crippen LogP contribution is 2.13. The van der Waals surface area contributed by atoms with Crippen molar-refractivity contribution in [3.8, 4) is 5.75 Å². The Bertz CT molecular complexity index is 685. The fourth-order valence-corrected chi connectivity index (χ4v) is 2.35. The summed E-state index contributed by atoms with van der Waals surface area (Å²) in [4.78, 5) is 26.3. The summed E-state index contributed by atoms with van der Waals surface area (Å²) in [5, 5.41) is 6.22. The Labute approximate surface area is 152 Å². The number of ether oxygens (including phenoxy) is 2. The van der Waals surface area contributed by atoms with Crippen molar-refractivity contribution in [2.75, 3.05) is 39.2 Å². The SMILES string of the molecule is COCCCN(CC(=O)Nc1ccon1)C(=O)Cc1ccc(OC)cc1. The van der Waals surface area contributed by atoms with Gasteiger partial charge in [0.15, 0.2) is 5.82 Å². The highest BCUT2D eigenvalue weighted by atomic mass is 16.5. The number of hydrogen-bond acceptors (Lipinski definition) is 6. The number of aromatic nitrogens is 1. The normalized spacial score (nSPS) is 10.4. The summed E-state index contributed by atoms with van der Waals surface area (Å²) in [5.41, 5.74) is 0.851. The Kier molecular flexibility index (Phi) is 7.63. The van der Waals surface area contributed by atoms with Gasteiger partial charge in [-0.3, -0.25) is 9.59 Å². The summed E-state index contributed by atoms with van der Waals surface area (Å²) in [7, 11) is 3.19. The van der Waals surface area contributed by atoms with Crippen molar-refractivity contribution in [3.63, 3.8) is 0 Å². The first kappa shape index (κ1) is 19.5. The number of rotatable bonds is 10. The molecule has 0 saturated carbocycles. The van der Waals surface area contributed by atoms with E-state index in [2.05, 4.69) is 15.0 Å². The molecular formula is C18H23N3O5. The summed E-state index contributed by atoms with van der Waals surface area (Å²) < 4.78 is 14.8. The largest absolute Gasteiger partial charge is 0.497 e. The van der Waals surface area contributed by atoms with Crippen LogP contribution >= 0.6 is 0 Å². The topological polar surface area (TPSA) is 93.9 Å². The molecule has 0 saturated heterocycles. The number of benzene rings is 1. The van der Waals surface area contributed by atoms with Crippen LogP contribution < -0.4 is 10.1 Å². The first-order valence-electron chi connectivity index (χ1n) is 8.22. The molecule has 8 heteroatoms. The lowest BCUT2D eigenvalue weighted by Gasteiger charge is -2.22. The van der Waals surface area contributed by atoms with Gasteiger partial charge < -0.3 is 24.2 Å². The monoisotopic (exact) mass is 361 g/mol. The molecule has 0 aliphatic rings. The third-order valence-electron chi connectivity index (χ3n) is 3.68. The molecule has 0 radical (unpaired) electrons. The minimum atomic E-state index is -0.334. The van der Waals surface area contributed by atoms with E-state index in [4.69, 9.17) is 9.47 Å². The molecule has 1 aromatic heterocycles. The van der Waals surface area contributed by atoms with Crippen molar-refractivity contribution < 1.29 is 23.6 Å². The molecule has 0 spiro atoms. The first-order chi connectivity index (χ1) is 12.6. The second-order valence-electron chi connectivity index (χ2n) is 5.62. The second kappa shape index (κ2) is 10.2. The summed E-state index contributed by atoms with van der Waals surface area (Å²) in [6, 6.07) is 8.80. The molecule has 0 aliphatic heterocycles. The van der Waals surface area contributed by atoms with Gasteiger partial charge in [-0.05, 0) is 24.1 Å². The standard InChI is InChI=1S/C18H23N3O5/c1-24-10-3-9-21(13-17(22)19-16-8-11-26-20-16)18(23)12-14-4-6-15(25-2)7-5-14/h4-8,11H,3,9-10,12-13H2,1-2H3,(H,19,20,22). The number of carbonyl (C=O) groups is 2. The predicted octanol–water partition coefficient (Wildman–Crippen LogP) is 1.73. The number of methoxy groups -OCH3 is 2. The molecule has 26 heavy (non-hydrogen) atoms. The van der Waals surface area contributed by atoms with E-state index in [0.29, 0.717) is 25.4 Å². The molecule has 2 rings (SSSR count). The Morgan fingerprint density at radius 1 is 1.19 bits per heavy atom. The molecule has 0 unspecified atom stereocenters. The molecule has 0 aliphatic carbocycles. The molecule has 8 nitrogen and oxygen atoms in total.